The van der Waals surface area contributed by atoms with Crippen LogP contribution in [0.2, 0.25) is 0 Å². The van der Waals surface area contributed by atoms with E-state index in [1.54, 1.807) is 11.3 Å². The Hall–Kier alpha value is -1.32. The number of thiocarbonyl (C=S) groups is 1. The van der Waals surface area contributed by atoms with Gasteiger partial charge in [-0.05, 0) is 12.1 Å². The Morgan fingerprint density at radius 1 is 1.25 bits per heavy atom. The predicted molar refractivity (Wildman–Crippen MR) is 74.0 cm³/mol. The first-order chi connectivity index (χ1) is 7.84. The number of nitrogens with zero attached hydrogens (tertiary/aromatic N) is 1. The zero-order valence-corrected chi connectivity index (χ0v) is 10.1. The fraction of sp³-hybridized carbons (Fsp3) is 0.0769. The SMILES string of the molecule is S=C1CC=CC=C1c1nc2ccccc2s1. The molecule has 1 aliphatic carbocycles. The lowest BCUT2D eigenvalue weighted by molar-refractivity contribution is 1.42. The van der Waals surface area contributed by atoms with Crippen LogP contribution in [0.15, 0.2) is 42.5 Å². The van der Waals surface area contributed by atoms with E-state index in [1.807, 2.05) is 18.2 Å². The summed E-state index contributed by atoms with van der Waals surface area (Å²) in [5, 5.41) is 1.04. The third kappa shape index (κ3) is 1.62. The standard InChI is InChI=1S/C13H9NS2/c15-11-7-3-1-5-9(11)13-14-10-6-2-4-8-12(10)16-13/h1-6,8H,7H2. The molecule has 3 heteroatoms. The van der Waals surface area contributed by atoms with Gasteiger partial charge >= 0.3 is 0 Å². The first-order valence-electron chi connectivity index (χ1n) is 5.10. The molecule has 16 heavy (non-hydrogen) atoms. The third-order valence-corrected chi connectivity index (χ3v) is 3.98. The van der Waals surface area contributed by atoms with E-state index in [9.17, 15) is 0 Å². The molecule has 1 nitrogen and oxygen atoms in total. The van der Waals surface area contributed by atoms with Crippen molar-refractivity contribution in [2.24, 2.45) is 0 Å². The van der Waals surface area contributed by atoms with Gasteiger partial charge in [-0.2, -0.15) is 0 Å². The Labute approximate surface area is 103 Å². The molecule has 1 heterocycles. The van der Waals surface area contributed by atoms with E-state index < -0.39 is 0 Å². The minimum Gasteiger partial charge on any atom is -0.236 e. The van der Waals surface area contributed by atoms with Gasteiger partial charge in [0.2, 0.25) is 0 Å². The van der Waals surface area contributed by atoms with Crippen molar-refractivity contribution in [1.82, 2.24) is 4.98 Å². The number of fused-ring (bicyclic) bond motifs is 1. The van der Waals surface area contributed by atoms with Gasteiger partial charge < -0.3 is 0 Å². The van der Waals surface area contributed by atoms with E-state index in [-0.39, 0.29) is 0 Å². The van der Waals surface area contributed by atoms with Crippen LogP contribution in [-0.4, -0.2) is 9.85 Å². The Morgan fingerprint density at radius 3 is 2.94 bits per heavy atom. The number of allylic oxidation sites excluding steroid dienone is 4. The minimum atomic E-state index is 0.858. The van der Waals surface area contributed by atoms with Crippen molar-refractivity contribution in [3.05, 3.63) is 47.5 Å². The molecule has 1 aliphatic rings. The highest BCUT2D eigenvalue weighted by molar-refractivity contribution is 7.81. The van der Waals surface area contributed by atoms with Crippen LogP contribution in [0.25, 0.3) is 15.8 Å². The molecule has 0 aliphatic heterocycles. The summed E-state index contributed by atoms with van der Waals surface area (Å²) < 4.78 is 1.22. The van der Waals surface area contributed by atoms with E-state index in [4.69, 9.17) is 12.2 Å². The maximum absolute atomic E-state index is 5.36. The quantitative estimate of drug-likeness (QED) is 0.702. The molecule has 0 unspecified atom stereocenters. The molecular formula is C13H9NS2. The number of aromatic nitrogens is 1. The molecule has 0 fully saturated rings. The predicted octanol–water partition coefficient (Wildman–Crippen LogP) is 4.01. The van der Waals surface area contributed by atoms with Crippen molar-refractivity contribution in [2.75, 3.05) is 0 Å². The fourth-order valence-corrected chi connectivity index (χ4v) is 3.06. The summed E-state index contributed by atoms with van der Waals surface area (Å²) in [6.45, 7) is 0. The molecule has 0 spiro atoms. The second-order valence-electron chi connectivity index (χ2n) is 3.62. The smallest absolute Gasteiger partial charge is 0.125 e. The molecule has 3 rings (SSSR count). The first kappa shape index (κ1) is 9.87. The number of thiazole rings is 1. The lowest BCUT2D eigenvalue weighted by atomic mass is 10.1. The molecule has 0 amide bonds. The summed E-state index contributed by atoms with van der Waals surface area (Å²) in [6.07, 6.45) is 7.05. The van der Waals surface area contributed by atoms with Crippen molar-refractivity contribution < 1.29 is 0 Å². The summed E-state index contributed by atoms with van der Waals surface area (Å²) in [7, 11) is 0. The summed E-state index contributed by atoms with van der Waals surface area (Å²) in [5.41, 5.74) is 2.17. The summed E-state index contributed by atoms with van der Waals surface area (Å²) in [6, 6.07) is 8.19. The molecule has 0 saturated carbocycles. The maximum atomic E-state index is 5.36. The van der Waals surface area contributed by atoms with Gasteiger partial charge in [0.05, 0.1) is 10.2 Å². The molecule has 0 atom stereocenters. The highest BCUT2D eigenvalue weighted by Crippen LogP contribution is 2.29. The van der Waals surface area contributed by atoms with Gasteiger partial charge in [-0.25, -0.2) is 4.98 Å². The zero-order chi connectivity index (χ0) is 11.0. The van der Waals surface area contributed by atoms with E-state index >= 15 is 0 Å². The Balaban J connectivity index is 2.15. The number of hydrogen-bond acceptors (Lipinski definition) is 3. The maximum Gasteiger partial charge on any atom is 0.125 e. The van der Waals surface area contributed by atoms with Gasteiger partial charge in [0.1, 0.15) is 5.01 Å². The van der Waals surface area contributed by atoms with Crippen molar-refractivity contribution in [1.29, 1.82) is 0 Å². The van der Waals surface area contributed by atoms with Crippen LogP contribution in [0.5, 0.6) is 0 Å². The second-order valence-corrected chi connectivity index (χ2v) is 5.15. The van der Waals surface area contributed by atoms with Crippen molar-refractivity contribution in [3.63, 3.8) is 0 Å². The van der Waals surface area contributed by atoms with E-state index in [1.165, 1.54) is 4.70 Å². The molecule has 1 aromatic heterocycles. The van der Waals surface area contributed by atoms with Gasteiger partial charge in [0.25, 0.3) is 0 Å². The van der Waals surface area contributed by atoms with Gasteiger partial charge in [0, 0.05) is 16.9 Å². The summed E-state index contributed by atoms with van der Waals surface area (Å²) in [4.78, 5) is 5.60. The third-order valence-electron chi connectivity index (χ3n) is 2.53. The minimum absolute atomic E-state index is 0.858. The molecule has 2 aromatic rings. The molecule has 0 saturated heterocycles. The van der Waals surface area contributed by atoms with Gasteiger partial charge in [-0.1, -0.05) is 42.6 Å². The van der Waals surface area contributed by atoms with Crippen LogP contribution in [0.3, 0.4) is 0 Å². The van der Waals surface area contributed by atoms with Crippen LogP contribution in [0.1, 0.15) is 11.4 Å². The summed E-state index contributed by atoms with van der Waals surface area (Å²) >= 11 is 7.07. The number of benzene rings is 1. The monoisotopic (exact) mass is 243 g/mol. The van der Waals surface area contributed by atoms with E-state index in [0.29, 0.717) is 0 Å². The fourth-order valence-electron chi connectivity index (χ4n) is 1.72. The topological polar surface area (TPSA) is 12.9 Å². The Bertz CT molecular complexity index is 587. The highest BCUT2D eigenvalue weighted by atomic mass is 32.1. The molecular weight excluding hydrogens is 234 g/mol. The largest absolute Gasteiger partial charge is 0.236 e. The molecule has 1 aromatic carbocycles. The van der Waals surface area contributed by atoms with Crippen molar-refractivity contribution in [2.45, 2.75) is 6.42 Å². The lowest BCUT2D eigenvalue weighted by Gasteiger charge is -2.06. The van der Waals surface area contributed by atoms with Crippen LogP contribution in [0, 0.1) is 0 Å². The van der Waals surface area contributed by atoms with E-state index in [2.05, 4.69) is 29.3 Å². The normalized spacial score (nSPS) is 15.5. The highest BCUT2D eigenvalue weighted by Gasteiger charge is 2.13. The molecule has 0 N–H and O–H groups in total. The average molecular weight is 243 g/mol. The second kappa shape index (κ2) is 3.92. The Kier molecular flexibility index (Phi) is 2.42. The number of hydrogen-bond donors (Lipinski definition) is 0. The number of rotatable bonds is 1. The van der Waals surface area contributed by atoms with Crippen molar-refractivity contribution in [3.8, 4) is 0 Å². The summed E-state index contributed by atoms with van der Waals surface area (Å²) in [5.74, 6) is 0. The first-order valence-corrected chi connectivity index (χ1v) is 6.33. The Morgan fingerprint density at radius 2 is 2.12 bits per heavy atom. The van der Waals surface area contributed by atoms with Gasteiger partial charge in [0.15, 0.2) is 0 Å². The lowest BCUT2D eigenvalue weighted by Crippen LogP contribution is -1.99. The van der Waals surface area contributed by atoms with Gasteiger partial charge in [-0.15, -0.1) is 11.3 Å². The van der Waals surface area contributed by atoms with Crippen LogP contribution in [0.4, 0.5) is 0 Å². The zero-order valence-electron chi connectivity index (χ0n) is 8.51. The number of para-hydroxylation sites is 1. The molecule has 0 bridgehead atoms. The van der Waals surface area contributed by atoms with Crippen LogP contribution >= 0.6 is 23.6 Å². The van der Waals surface area contributed by atoms with Gasteiger partial charge in [-0.3, -0.25) is 0 Å². The average Bonchev–Trinajstić information content (AvgIpc) is 2.73. The molecule has 0 radical (unpaired) electrons. The van der Waals surface area contributed by atoms with Crippen LogP contribution in [-0.2, 0) is 0 Å². The van der Waals surface area contributed by atoms with E-state index in [0.717, 1.165) is 27.4 Å². The molecule has 78 valence electrons. The van der Waals surface area contributed by atoms with Crippen LogP contribution < -0.4 is 0 Å². The van der Waals surface area contributed by atoms with Crippen molar-refractivity contribution >= 4 is 44.2 Å².